The Hall–Kier alpha value is -1.72. The summed E-state index contributed by atoms with van der Waals surface area (Å²) in [6, 6.07) is 5.36. The molecule has 0 aliphatic rings. The Morgan fingerprint density at radius 3 is 2.79 bits per heavy atom. The molecule has 100 valence electrons. The van der Waals surface area contributed by atoms with E-state index >= 15 is 0 Å². The van der Waals surface area contributed by atoms with Crippen LogP contribution in [0.4, 0.5) is 8.78 Å². The van der Waals surface area contributed by atoms with E-state index in [1.54, 1.807) is 7.05 Å². The molecule has 0 amide bonds. The normalized spacial score (nSPS) is 10.5. The molecule has 0 saturated carbocycles. The number of rotatable bonds is 4. The molecule has 3 nitrogen and oxygen atoms in total. The first-order valence-electron chi connectivity index (χ1n) is 5.52. The lowest BCUT2D eigenvalue weighted by molar-refractivity contribution is 0.446. The third-order valence-corrected chi connectivity index (χ3v) is 2.67. The van der Waals surface area contributed by atoms with Gasteiger partial charge < -0.3 is 10.1 Å². The minimum Gasteiger partial charge on any atom is -0.439 e. The molecule has 0 saturated heterocycles. The van der Waals surface area contributed by atoms with E-state index in [1.807, 2.05) is 0 Å². The highest BCUT2D eigenvalue weighted by atomic mass is 35.5. The predicted octanol–water partition coefficient (Wildman–Crippen LogP) is 3.52. The van der Waals surface area contributed by atoms with Crippen LogP contribution in [-0.4, -0.2) is 12.0 Å². The number of hydrogen-bond acceptors (Lipinski definition) is 3. The molecule has 1 aromatic heterocycles. The van der Waals surface area contributed by atoms with Crippen molar-refractivity contribution >= 4 is 11.6 Å². The molecule has 0 bridgehead atoms. The standard InChI is InChI=1S/C13H11ClF2N2O/c1-17-6-8-4-9(15)7-18-13(8)19-10-2-3-11(14)12(16)5-10/h2-5,7,17H,6H2,1H3. The van der Waals surface area contributed by atoms with Crippen LogP contribution in [0, 0.1) is 11.6 Å². The quantitative estimate of drug-likeness (QED) is 0.933. The molecule has 1 heterocycles. The summed E-state index contributed by atoms with van der Waals surface area (Å²) in [5.74, 6) is -0.577. The number of halogens is 3. The SMILES string of the molecule is CNCc1cc(F)cnc1Oc1ccc(Cl)c(F)c1. The number of benzene rings is 1. The van der Waals surface area contributed by atoms with Gasteiger partial charge in [0.15, 0.2) is 0 Å². The Labute approximate surface area is 114 Å². The van der Waals surface area contributed by atoms with Gasteiger partial charge in [-0.25, -0.2) is 13.8 Å². The summed E-state index contributed by atoms with van der Waals surface area (Å²) >= 11 is 5.58. The van der Waals surface area contributed by atoms with Crippen molar-refractivity contribution in [1.29, 1.82) is 0 Å². The third-order valence-electron chi connectivity index (χ3n) is 2.36. The topological polar surface area (TPSA) is 34.2 Å². The second-order valence-electron chi connectivity index (χ2n) is 3.83. The maximum Gasteiger partial charge on any atom is 0.223 e. The summed E-state index contributed by atoms with van der Waals surface area (Å²) in [5.41, 5.74) is 0.540. The number of nitrogens with one attached hydrogen (secondary N) is 1. The first kappa shape index (κ1) is 13.7. The number of hydrogen-bond donors (Lipinski definition) is 1. The van der Waals surface area contributed by atoms with Crippen molar-refractivity contribution in [2.45, 2.75) is 6.54 Å². The van der Waals surface area contributed by atoms with Crippen LogP contribution in [-0.2, 0) is 6.54 Å². The fourth-order valence-electron chi connectivity index (χ4n) is 1.53. The molecule has 0 aliphatic carbocycles. The van der Waals surface area contributed by atoms with Crippen molar-refractivity contribution in [3.8, 4) is 11.6 Å². The molecular formula is C13H11ClF2N2O. The minimum atomic E-state index is -0.587. The molecule has 6 heteroatoms. The Morgan fingerprint density at radius 1 is 1.32 bits per heavy atom. The van der Waals surface area contributed by atoms with Gasteiger partial charge in [-0.2, -0.15) is 0 Å². The molecule has 0 atom stereocenters. The van der Waals surface area contributed by atoms with Crippen molar-refractivity contribution < 1.29 is 13.5 Å². The molecule has 0 spiro atoms. The second-order valence-corrected chi connectivity index (χ2v) is 4.23. The van der Waals surface area contributed by atoms with Gasteiger partial charge in [-0.3, -0.25) is 0 Å². The van der Waals surface area contributed by atoms with Crippen LogP contribution in [0.5, 0.6) is 11.6 Å². The van der Waals surface area contributed by atoms with Crippen molar-refractivity contribution in [3.05, 3.63) is 52.7 Å². The largest absolute Gasteiger partial charge is 0.439 e. The van der Waals surface area contributed by atoms with Gasteiger partial charge in [0, 0.05) is 18.2 Å². The molecule has 0 unspecified atom stereocenters. The summed E-state index contributed by atoms with van der Waals surface area (Å²) in [6.45, 7) is 0.385. The Balaban J connectivity index is 2.29. The van der Waals surface area contributed by atoms with Crippen molar-refractivity contribution in [1.82, 2.24) is 10.3 Å². The van der Waals surface area contributed by atoms with E-state index in [9.17, 15) is 8.78 Å². The summed E-state index contributed by atoms with van der Waals surface area (Å²) in [4.78, 5) is 3.85. The van der Waals surface area contributed by atoms with Crippen LogP contribution >= 0.6 is 11.6 Å². The molecule has 2 aromatic rings. The Bertz CT molecular complexity index is 593. The maximum atomic E-state index is 13.3. The van der Waals surface area contributed by atoms with E-state index < -0.39 is 11.6 Å². The van der Waals surface area contributed by atoms with Gasteiger partial charge in [-0.15, -0.1) is 0 Å². The van der Waals surface area contributed by atoms with E-state index in [0.29, 0.717) is 12.1 Å². The van der Waals surface area contributed by atoms with Crippen molar-refractivity contribution in [2.24, 2.45) is 0 Å². The van der Waals surface area contributed by atoms with Gasteiger partial charge in [-0.05, 0) is 25.2 Å². The van der Waals surface area contributed by atoms with Crippen molar-refractivity contribution in [3.63, 3.8) is 0 Å². The highest BCUT2D eigenvalue weighted by Crippen LogP contribution is 2.26. The molecule has 0 fully saturated rings. The van der Waals surface area contributed by atoms with Gasteiger partial charge in [0.1, 0.15) is 17.4 Å². The van der Waals surface area contributed by atoms with Crippen LogP contribution < -0.4 is 10.1 Å². The lowest BCUT2D eigenvalue weighted by Gasteiger charge is -2.10. The van der Waals surface area contributed by atoms with Gasteiger partial charge in [0.2, 0.25) is 5.88 Å². The number of nitrogens with zero attached hydrogens (tertiary/aromatic N) is 1. The zero-order valence-corrected chi connectivity index (χ0v) is 10.8. The lowest BCUT2D eigenvalue weighted by atomic mass is 10.2. The van der Waals surface area contributed by atoms with E-state index in [1.165, 1.54) is 18.2 Å². The van der Waals surface area contributed by atoms with Crippen LogP contribution in [0.2, 0.25) is 5.02 Å². The monoisotopic (exact) mass is 284 g/mol. The van der Waals surface area contributed by atoms with Gasteiger partial charge in [-0.1, -0.05) is 11.6 Å². The highest BCUT2D eigenvalue weighted by molar-refractivity contribution is 6.30. The van der Waals surface area contributed by atoms with Crippen molar-refractivity contribution in [2.75, 3.05) is 7.05 Å². The maximum absolute atomic E-state index is 13.3. The fraction of sp³-hybridized carbons (Fsp3) is 0.154. The van der Waals surface area contributed by atoms with E-state index in [2.05, 4.69) is 10.3 Å². The minimum absolute atomic E-state index is 0.00913. The second kappa shape index (κ2) is 5.95. The molecule has 1 aromatic carbocycles. The molecule has 19 heavy (non-hydrogen) atoms. The smallest absolute Gasteiger partial charge is 0.223 e. The summed E-state index contributed by atoms with van der Waals surface area (Å²) in [5, 5.41) is 2.89. The molecule has 1 N–H and O–H groups in total. The first-order chi connectivity index (χ1) is 9.10. The first-order valence-corrected chi connectivity index (χ1v) is 5.90. The van der Waals surface area contributed by atoms with Crippen LogP contribution in [0.1, 0.15) is 5.56 Å². The van der Waals surface area contributed by atoms with Gasteiger partial charge >= 0.3 is 0 Å². The summed E-state index contributed by atoms with van der Waals surface area (Å²) < 4.78 is 31.8. The fourth-order valence-corrected chi connectivity index (χ4v) is 1.65. The number of aromatic nitrogens is 1. The number of ether oxygens (including phenoxy) is 1. The van der Waals surface area contributed by atoms with Crippen LogP contribution in [0.25, 0.3) is 0 Å². The van der Waals surface area contributed by atoms with Gasteiger partial charge in [0.25, 0.3) is 0 Å². The van der Waals surface area contributed by atoms with Crippen LogP contribution in [0.15, 0.2) is 30.5 Å². The lowest BCUT2D eigenvalue weighted by Crippen LogP contribution is -2.07. The average Bonchev–Trinajstić information content (AvgIpc) is 2.37. The highest BCUT2D eigenvalue weighted by Gasteiger charge is 2.09. The Morgan fingerprint density at radius 2 is 2.11 bits per heavy atom. The predicted molar refractivity (Wildman–Crippen MR) is 68.4 cm³/mol. The molecular weight excluding hydrogens is 274 g/mol. The molecule has 2 rings (SSSR count). The zero-order valence-electron chi connectivity index (χ0n) is 10.1. The number of pyridine rings is 1. The molecule has 0 aliphatic heterocycles. The van der Waals surface area contributed by atoms with Gasteiger partial charge in [0.05, 0.1) is 11.2 Å². The zero-order chi connectivity index (χ0) is 13.8. The van der Waals surface area contributed by atoms with E-state index in [4.69, 9.17) is 16.3 Å². The molecule has 0 radical (unpaired) electrons. The van der Waals surface area contributed by atoms with E-state index in [0.717, 1.165) is 12.3 Å². The Kier molecular flexibility index (Phi) is 4.29. The average molecular weight is 285 g/mol. The van der Waals surface area contributed by atoms with Crippen LogP contribution in [0.3, 0.4) is 0 Å². The summed E-state index contributed by atoms with van der Waals surface area (Å²) in [6.07, 6.45) is 1.04. The third kappa shape index (κ3) is 3.39. The van der Waals surface area contributed by atoms with E-state index in [-0.39, 0.29) is 16.7 Å². The summed E-state index contributed by atoms with van der Waals surface area (Å²) in [7, 11) is 1.72.